The summed E-state index contributed by atoms with van der Waals surface area (Å²) in [5.41, 5.74) is -0.329. The minimum absolute atomic E-state index is 0.0740. The van der Waals surface area contributed by atoms with Crippen LogP contribution in [0.1, 0.15) is 34.1 Å². The van der Waals surface area contributed by atoms with E-state index < -0.39 is 10.0 Å². The molecule has 0 aromatic heterocycles. The van der Waals surface area contributed by atoms with Crippen LogP contribution in [-0.4, -0.2) is 43.1 Å². The molecule has 1 rings (SSSR count). The third kappa shape index (κ3) is 2.71. The average Bonchev–Trinajstić information content (AvgIpc) is 2.20. The first-order valence-electron chi connectivity index (χ1n) is 5.54. The highest BCUT2D eigenvalue weighted by Crippen LogP contribution is 2.25. The van der Waals surface area contributed by atoms with Gasteiger partial charge in [-0.15, -0.1) is 0 Å². The lowest BCUT2D eigenvalue weighted by molar-refractivity contribution is 0.181. The van der Waals surface area contributed by atoms with E-state index in [9.17, 15) is 8.42 Å². The highest BCUT2D eigenvalue weighted by Gasteiger charge is 2.40. The molecule has 0 radical (unpaired) electrons. The third-order valence-electron chi connectivity index (χ3n) is 2.98. The van der Waals surface area contributed by atoms with Crippen molar-refractivity contribution < 1.29 is 8.42 Å². The molecule has 90 valence electrons. The first kappa shape index (κ1) is 12.9. The van der Waals surface area contributed by atoms with E-state index in [1.807, 2.05) is 27.7 Å². The first-order chi connectivity index (χ1) is 6.81. The Labute approximate surface area is 93.1 Å². The summed E-state index contributed by atoms with van der Waals surface area (Å²) >= 11 is 0. The summed E-state index contributed by atoms with van der Waals surface area (Å²) < 4.78 is 25.9. The zero-order chi connectivity index (χ0) is 11.7. The molecule has 1 aliphatic rings. The lowest BCUT2D eigenvalue weighted by Crippen LogP contribution is -2.54. The van der Waals surface area contributed by atoms with Crippen LogP contribution in [-0.2, 0) is 10.0 Å². The molecule has 1 saturated heterocycles. The molecule has 0 aliphatic carbocycles. The topological polar surface area (TPSA) is 49.4 Å². The molecule has 1 fully saturated rings. The third-order valence-corrected chi connectivity index (χ3v) is 5.16. The zero-order valence-corrected chi connectivity index (χ0v) is 10.9. The Morgan fingerprint density at radius 1 is 1.47 bits per heavy atom. The van der Waals surface area contributed by atoms with E-state index >= 15 is 0 Å². The molecular formula is C10H22N2O2S. The van der Waals surface area contributed by atoms with Gasteiger partial charge in [-0.2, -0.15) is 4.31 Å². The second-order valence-electron chi connectivity index (χ2n) is 4.86. The summed E-state index contributed by atoms with van der Waals surface area (Å²) in [5, 5.41) is 3.18. The van der Waals surface area contributed by atoms with E-state index in [-0.39, 0.29) is 17.3 Å². The van der Waals surface area contributed by atoms with Gasteiger partial charge < -0.3 is 5.32 Å². The Morgan fingerprint density at radius 2 is 2.07 bits per heavy atom. The Kier molecular flexibility index (Phi) is 3.79. The molecule has 0 spiro atoms. The van der Waals surface area contributed by atoms with Crippen molar-refractivity contribution in [2.45, 2.75) is 45.7 Å². The molecule has 0 aromatic carbocycles. The van der Waals surface area contributed by atoms with Crippen LogP contribution >= 0.6 is 0 Å². The maximum Gasteiger partial charge on any atom is 0.216 e. The smallest absolute Gasteiger partial charge is 0.216 e. The molecular weight excluding hydrogens is 212 g/mol. The van der Waals surface area contributed by atoms with E-state index in [1.165, 1.54) is 0 Å². The van der Waals surface area contributed by atoms with Crippen LogP contribution < -0.4 is 5.32 Å². The Balaban J connectivity index is 3.09. The molecule has 1 N–H and O–H groups in total. The predicted octanol–water partition coefficient (Wildman–Crippen LogP) is 0.798. The predicted molar refractivity (Wildman–Crippen MR) is 62.3 cm³/mol. The van der Waals surface area contributed by atoms with E-state index in [1.54, 1.807) is 4.31 Å². The summed E-state index contributed by atoms with van der Waals surface area (Å²) in [6, 6.07) is 0.0740. The van der Waals surface area contributed by atoms with Gasteiger partial charge in [-0.1, -0.05) is 6.92 Å². The van der Waals surface area contributed by atoms with E-state index in [4.69, 9.17) is 0 Å². The first-order valence-corrected chi connectivity index (χ1v) is 7.15. The van der Waals surface area contributed by atoms with Gasteiger partial charge in [0.05, 0.1) is 5.75 Å². The number of hydrogen-bond donors (Lipinski definition) is 1. The molecule has 0 aromatic rings. The van der Waals surface area contributed by atoms with Crippen LogP contribution in [0, 0.1) is 0 Å². The Bertz CT molecular complexity index is 311. The van der Waals surface area contributed by atoms with Gasteiger partial charge in [0, 0.05) is 24.7 Å². The molecule has 5 heteroatoms. The Morgan fingerprint density at radius 3 is 2.60 bits per heavy atom. The SMILES string of the molecule is CCC(C)N1C(C)(C)CNCCS1(=O)=O. The fraction of sp³-hybridized carbons (Fsp3) is 1.00. The van der Waals surface area contributed by atoms with E-state index in [0.717, 1.165) is 13.0 Å². The Hall–Kier alpha value is -0.130. The largest absolute Gasteiger partial charge is 0.314 e. The maximum atomic E-state index is 12.1. The molecule has 1 atom stereocenters. The highest BCUT2D eigenvalue weighted by molar-refractivity contribution is 7.89. The van der Waals surface area contributed by atoms with Crippen molar-refractivity contribution in [3.8, 4) is 0 Å². The molecule has 1 aliphatic heterocycles. The number of nitrogens with zero attached hydrogens (tertiary/aromatic N) is 1. The molecule has 0 bridgehead atoms. The van der Waals surface area contributed by atoms with Gasteiger partial charge in [0.1, 0.15) is 0 Å². The normalized spacial score (nSPS) is 28.3. The van der Waals surface area contributed by atoms with Gasteiger partial charge in [-0.3, -0.25) is 0 Å². The van der Waals surface area contributed by atoms with Crippen LogP contribution in [0.3, 0.4) is 0 Å². The van der Waals surface area contributed by atoms with Gasteiger partial charge >= 0.3 is 0 Å². The van der Waals surface area contributed by atoms with Crippen molar-refractivity contribution in [1.29, 1.82) is 0 Å². The number of sulfonamides is 1. The number of rotatable bonds is 2. The molecule has 15 heavy (non-hydrogen) atoms. The van der Waals surface area contributed by atoms with Crippen LogP contribution in [0.5, 0.6) is 0 Å². The fourth-order valence-corrected chi connectivity index (χ4v) is 4.30. The van der Waals surface area contributed by atoms with E-state index in [0.29, 0.717) is 6.54 Å². The quantitative estimate of drug-likeness (QED) is 0.769. The number of hydrogen-bond acceptors (Lipinski definition) is 3. The lowest BCUT2D eigenvalue weighted by Gasteiger charge is -2.39. The minimum Gasteiger partial charge on any atom is -0.314 e. The second kappa shape index (κ2) is 4.39. The van der Waals surface area contributed by atoms with Crippen LogP contribution in [0.4, 0.5) is 0 Å². The van der Waals surface area contributed by atoms with Crippen molar-refractivity contribution in [1.82, 2.24) is 9.62 Å². The molecule has 0 amide bonds. The molecule has 1 heterocycles. The minimum atomic E-state index is -3.11. The van der Waals surface area contributed by atoms with Gasteiger partial charge in [-0.05, 0) is 27.2 Å². The number of nitrogens with one attached hydrogen (secondary N) is 1. The monoisotopic (exact) mass is 234 g/mol. The van der Waals surface area contributed by atoms with Gasteiger partial charge in [0.25, 0.3) is 0 Å². The molecule has 0 saturated carbocycles. The van der Waals surface area contributed by atoms with Gasteiger partial charge in [0.15, 0.2) is 0 Å². The standard InChI is InChI=1S/C10H22N2O2S/c1-5-9(2)12-10(3,4)8-11-6-7-15(12,13)14/h9,11H,5-8H2,1-4H3. The van der Waals surface area contributed by atoms with Crippen molar-refractivity contribution in [2.75, 3.05) is 18.8 Å². The highest BCUT2D eigenvalue weighted by atomic mass is 32.2. The van der Waals surface area contributed by atoms with Crippen molar-refractivity contribution in [3.05, 3.63) is 0 Å². The summed E-state index contributed by atoms with van der Waals surface area (Å²) in [6.45, 7) is 9.23. The lowest BCUT2D eigenvalue weighted by atomic mass is 10.0. The zero-order valence-electron chi connectivity index (χ0n) is 10.1. The fourth-order valence-electron chi connectivity index (χ4n) is 2.18. The average molecular weight is 234 g/mol. The summed E-state index contributed by atoms with van der Waals surface area (Å²) in [7, 11) is -3.11. The van der Waals surface area contributed by atoms with Crippen LogP contribution in [0.25, 0.3) is 0 Å². The molecule has 1 unspecified atom stereocenters. The summed E-state index contributed by atoms with van der Waals surface area (Å²) in [6.07, 6.45) is 0.850. The van der Waals surface area contributed by atoms with Crippen LogP contribution in [0.2, 0.25) is 0 Å². The van der Waals surface area contributed by atoms with E-state index in [2.05, 4.69) is 5.32 Å². The maximum absolute atomic E-state index is 12.1. The van der Waals surface area contributed by atoms with Gasteiger partial charge in [0.2, 0.25) is 10.0 Å². The summed E-state index contributed by atoms with van der Waals surface area (Å²) in [5.74, 6) is 0.209. The van der Waals surface area contributed by atoms with Crippen molar-refractivity contribution in [2.24, 2.45) is 0 Å². The van der Waals surface area contributed by atoms with Crippen molar-refractivity contribution in [3.63, 3.8) is 0 Å². The summed E-state index contributed by atoms with van der Waals surface area (Å²) in [4.78, 5) is 0. The van der Waals surface area contributed by atoms with Crippen molar-refractivity contribution >= 4 is 10.0 Å². The molecule has 4 nitrogen and oxygen atoms in total. The van der Waals surface area contributed by atoms with Crippen LogP contribution in [0.15, 0.2) is 0 Å². The second-order valence-corrected chi connectivity index (χ2v) is 6.82. The van der Waals surface area contributed by atoms with Gasteiger partial charge in [-0.25, -0.2) is 8.42 Å².